The predicted octanol–water partition coefficient (Wildman–Crippen LogP) is -0.501. The molecule has 66 valence electrons. The molecule has 2 rings (SSSR count). The Morgan fingerprint density at radius 3 is 2.83 bits per heavy atom. The Bertz CT molecular complexity index is 235. The third-order valence-corrected chi connectivity index (χ3v) is 2.63. The van der Waals surface area contributed by atoms with Gasteiger partial charge in [-0.25, -0.2) is 0 Å². The van der Waals surface area contributed by atoms with Gasteiger partial charge >= 0.3 is 5.97 Å². The molecule has 0 unspecified atom stereocenters. The number of esters is 1. The summed E-state index contributed by atoms with van der Waals surface area (Å²) in [5.41, 5.74) is 0. The maximum absolute atomic E-state index is 11.2. The molecule has 0 radical (unpaired) electrons. The van der Waals surface area contributed by atoms with Gasteiger partial charge in [-0.05, 0) is 6.42 Å². The summed E-state index contributed by atoms with van der Waals surface area (Å²) in [5, 5.41) is 9.43. The summed E-state index contributed by atoms with van der Waals surface area (Å²) in [6, 6.07) is 0. The van der Waals surface area contributed by atoms with Gasteiger partial charge in [-0.1, -0.05) is 0 Å². The van der Waals surface area contributed by atoms with Gasteiger partial charge in [-0.3, -0.25) is 9.59 Å². The maximum atomic E-state index is 11.2. The molecule has 2 fully saturated rings. The third-order valence-electron chi connectivity index (χ3n) is 2.63. The van der Waals surface area contributed by atoms with E-state index >= 15 is 0 Å². The highest BCUT2D eigenvalue weighted by Crippen LogP contribution is 2.33. The van der Waals surface area contributed by atoms with Crippen molar-refractivity contribution in [3.8, 4) is 0 Å². The van der Waals surface area contributed by atoms with Crippen LogP contribution in [0.5, 0.6) is 0 Å². The van der Waals surface area contributed by atoms with E-state index in [-0.39, 0.29) is 18.3 Å². The predicted molar refractivity (Wildman–Crippen MR) is 38.2 cm³/mol. The summed E-state index contributed by atoms with van der Waals surface area (Å²) < 4.78 is 4.72. The Morgan fingerprint density at radius 2 is 2.17 bits per heavy atom. The minimum absolute atomic E-state index is 0.0761. The fourth-order valence-electron chi connectivity index (χ4n) is 1.90. The average Bonchev–Trinajstić information content (AvgIpc) is 2.42. The van der Waals surface area contributed by atoms with Crippen molar-refractivity contribution in [2.45, 2.75) is 18.9 Å². The second-order valence-corrected chi connectivity index (χ2v) is 3.34. The Hall–Kier alpha value is -0.900. The monoisotopic (exact) mass is 170 g/mol. The number of aliphatic hydroxyl groups is 1. The Morgan fingerprint density at radius 1 is 1.42 bits per heavy atom. The minimum Gasteiger partial charge on any atom is -0.465 e. The zero-order valence-corrected chi connectivity index (χ0v) is 6.53. The van der Waals surface area contributed by atoms with E-state index in [0.717, 1.165) is 0 Å². The van der Waals surface area contributed by atoms with Crippen molar-refractivity contribution in [2.24, 2.45) is 11.8 Å². The van der Waals surface area contributed by atoms with E-state index in [0.29, 0.717) is 12.8 Å². The third kappa shape index (κ3) is 0.948. The highest BCUT2D eigenvalue weighted by Gasteiger charge is 2.48. The lowest BCUT2D eigenvalue weighted by molar-refractivity contribution is -0.146. The summed E-state index contributed by atoms with van der Waals surface area (Å²) in [4.78, 5) is 22.2. The Balaban J connectivity index is 2.24. The number of aliphatic hydroxyl groups excluding tert-OH is 1. The number of carbonyl (C=O) groups excluding carboxylic acids is 2. The van der Waals surface area contributed by atoms with Gasteiger partial charge in [-0.15, -0.1) is 0 Å². The van der Waals surface area contributed by atoms with Gasteiger partial charge in [0.05, 0.1) is 12.7 Å². The zero-order valence-electron chi connectivity index (χ0n) is 6.53. The molecule has 0 amide bonds. The van der Waals surface area contributed by atoms with Gasteiger partial charge in [0.2, 0.25) is 0 Å². The highest BCUT2D eigenvalue weighted by atomic mass is 16.5. The molecule has 0 aromatic heterocycles. The Labute approximate surface area is 69.5 Å². The topological polar surface area (TPSA) is 63.6 Å². The highest BCUT2D eigenvalue weighted by molar-refractivity contribution is 6.01. The van der Waals surface area contributed by atoms with E-state index in [1.165, 1.54) is 0 Å². The van der Waals surface area contributed by atoms with Crippen LogP contribution in [0.4, 0.5) is 0 Å². The van der Waals surface area contributed by atoms with Crippen molar-refractivity contribution in [1.29, 1.82) is 0 Å². The van der Waals surface area contributed by atoms with Crippen LogP contribution in [0.1, 0.15) is 12.8 Å². The SMILES string of the molecule is O=C1CC[C@@H](O)[C@H]2COC(=O)[C@H]12. The zero-order chi connectivity index (χ0) is 8.72. The first-order chi connectivity index (χ1) is 5.70. The fraction of sp³-hybridized carbons (Fsp3) is 0.750. The van der Waals surface area contributed by atoms with E-state index in [4.69, 9.17) is 4.74 Å². The number of hydrogen-bond acceptors (Lipinski definition) is 4. The fourth-order valence-corrected chi connectivity index (χ4v) is 1.90. The normalized spacial score (nSPS) is 40.9. The van der Waals surface area contributed by atoms with Crippen LogP contribution in [-0.2, 0) is 14.3 Å². The molecule has 1 saturated heterocycles. The van der Waals surface area contributed by atoms with E-state index in [1.54, 1.807) is 0 Å². The molecule has 4 heteroatoms. The standard InChI is InChI=1S/C8H10O4/c9-5-1-2-6(10)7-4(5)3-12-8(7)11/h4-5,7,9H,1-3H2/t4-,5-,7+/m1/s1. The van der Waals surface area contributed by atoms with Gasteiger partial charge in [-0.2, -0.15) is 0 Å². The second kappa shape index (κ2) is 2.55. The summed E-state index contributed by atoms with van der Waals surface area (Å²) in [6.45, 7) is 0.205. The van der Waals surface area contributed by atoms with Crippen molar-refractivity contribution in [3.63, 3.8) is 0 Å². The number of ether oxygens (including phenoxy) is 1. The molecule has 1 heterocycles. The van der Waals surface area contributed by atoms with Crippen LogP contribution >= 0.6 is 0 Å². The molecule has 0 aromatic rings. The van der Waals surface area contributed by atoms with Crippen LogP contribution in [0.25, 0.3) is 0 Å². The first-order valence-electron chi connectivity index (χ1n) is 4.07. The molecule has 0 spiro atoms. The van der Waals surface area contributed by atoms with Crippen molar-refractivity contribution >= 4 is 11.8 Å². The molecule has 1 aliphatic heterocycles. The molecule has 1 aliphatic carbocycles. The lowest BCUT2D eigenvalue weighted by Gasteiger charge is -2.25. The van der Waals surface area contributed by atoms with Crippen molar-refractivity contribution < 1.29 is 19.4 Å². The molecular weight excluding hydrogens is 160 g/mol. The first kappa shape index (κ1) is 7.73. The molecule has 0 bridgehead atoms. The maximum Gasteiger partial charge on any atom is 0.317 e. The van der Waals surface area contributed by atoms with Crippen LogP contribution in [0.2, 0.25) is 0 Å². The molecule has 12 heavy (non-hydrogen) atoms. The molecule has 3 atom stereocenters. The summed E-state index contributed by atoms with van der Waals surface area (Å²) in [7, 11) is 0. The van der Waals surface area contributed by atoms with E-state index in [1.807, 2.05) is 0 Å². The lowest BCUT2D eigenvalue weighted by atomic mass is 9.78. The molecule has 4 nitrogen and oxygen atoms in total. The van der Waals surface area contributed by atoms with E-state index in [9.17, 15) is 14.7 Å². The lowest BCUT2D eigenvalue weighted by Crippen LogP contribution is -2.38. The molecular formula is C8H10O4. The average molecular weight is 170 g/mol. The largest absolute Gasteiger partial charge is 0.465 e. The number of ketones is 1. The number of carbonyl (C=O) groups is 2. The quantitative estimate of drug-likeness (QED) is 0.393. The van der Waals surface area contributed by atoms with Crippen LogP contribution in [0.3, 0.4) is 0 Å². The van der Waals surface area contributed by atoms with Gasteiger partial charge in [0.1, 0.15) is 11.7 Å². The van der Waals surface area contributed by atoms with Crippen LogP contribution in [0.15, 0.2) is 0 Å². The van der Waals surface area contributed by atoms with Gasteiger partial charge in [0.25, 0.3) is 0 Å². The van der Waals surface area contributed by atoms with Crippen LogP contribution in [-0.4, -0.2) is 29.6 Å². The molecule has 0 aromatic carbocycles. The van der Waals surface area contributed by atoms with Crippen molar-refractivity contribution in [2.75, 3.05) is 6.61 Å². The Kier molecular flexibility index (Phi) is 1.65. The number of Topliss-reactive ketones (excluding diaryl/α,β-unsaturated/α-hetero) is 1. The number of cyclic esters (lactones) is 1. The smallest absolute Gasteiger partial charge is 0.317 e. The molecule has 1 N–H and O–H groups in total. The van der Waals surface area contributed by atoms with Crippen LogP contribution < -0.4 is 0 Å². The first-order valence-corrected chi connectivity index (χ1v) is 4.07. The van der Waals surface area contributed by atoms with Crippen molar-refractivity contribution in [1.82, 2.24) is 0 Å². The number of fused-ring (bicyclic) bond motifs is 1. The van der Waals surface area contributed by atoms with Crippen molar-refractivity contribution in [3.05, 3.63) is 0 Å². The van der Waals surface area contributed by atoms with Gasteiger partial charge in [0.15, 0.2) is 0 Å². The van der Waals surface area contributed by atoms with Gasteiger partial charge < -0.3 is 9.84 Å². The van der Waals surface area contributed by atoms with Crippen LogP contribution in [0, 0.1) is 11.8 Å². The van der Waals surface area contributed by atoms with E-state index in [2.05, 4.69) is 0 Å². The van der Waals surface area contributed by atoms with E-state index < -0.39 is 18.0 Å². The minimum atomic E-state index is -0.672. The summed E-state index contributed by atoms with van der Waals surface area (Å²) >= 11 is 0. The summed E-state index contributed by atoms with van der Waals surface area (Å²) in [6.07, 6.45) is 0.229. The number of hydrogen-bond donors (Lipinski definition) is 1. The number of rotatable bonds is 0. The second-order valence-electron chi connectivity index (χ2n) is 3.34. The summed E-state index contributed by atoms with van der Waals surface area (Å²) in [5.74, 6) is -1.48. The van der Waals surface area contributed by atoms with Gasteiger partial charge in [0, 0.05) is 12.3 Å². The molecule has 1 saturated carbocycles. The molecule has 2 aliphatic rings.